The smallest absolute Gasteiger partial charge is 0.321 e. The number of sulfone groups is 1. The first kappa shape index (κ1) is 17.0. The summed E-state index contributed by atoms with van der Waals surface area (Å²) < 4.78 is 23.0. The van der Waals surface area contributed by atoms with Crippen molar-refractivity contribution in [3.8, 4) is 0 Å². The lowest BCUT2D eigenvalue weighted by Crippen LogP contribution is -2.33. The van der Waals surface area contributed by atoms with E-state index in [2.05, 4.69) is 10.3 Å². The Balaban J connectivity index is 2.09. The third kappa shape index (κ3) is 4.29. The van der Waals surface area contributed by atoms with Crippen LogP contribution in [0.25, 0.3) is 0 Å². The number of pyridine rings is 1. The largest absolute Gasteiger partial charge is 0.322 e. The van der Waals surface area contributed by atoms with Crippen molar-refractivity contribution in [3.63, 3.8) is 0 Å². The Bertz CT molecular complexity index is 774. The van der Waals surface area contributed by atoms with E-state index < -0.39 is 9.84 Å². The standard InChI is InChI=1S/C16H19N3O3S/c1-12(13-6-8-15(9-7-13)23(3,21)22)19(2)16(20)18-14-5-4-10-17-11-14/h4-12H,1-3H3,(H,18,20). The number of hydrogen-bond donors (Lipinski definition) is 1. The Morgan fingerprint density at radius 1 is 1.22 bits per heavy atom. The molecule has 1 aromatic carbocycles. The molecular weight excluding hydrogens is 314 g/mol. The second-order valence-corrected chi connectivity index (χ2v) is 7.32. The zero-order chi connectivity index (χ0) is 17.0. The fraction of sp³-hybridized carbons (Fsp3) is 0.250. The summed E-state index contributed by atoms with van der Waals surface area (Å²) in [6.07, 6.45) is 4.36. The highest BCUT2D eigenvalue weighted by atomic mass is 32.2. The highest BCUT2D eigenvalue weighted by molar-refractivity contribution is 7.90. The Hall–Kier alpha value is -2.41. The van der Waals surface area contributed by atoms with Gasteiger partial charge in [0, 0.05) is 19.5 Å². The van der Waals surface area contributed by atoms with Crippen LogP contribution in [0.5, 0.6) is 0 Å². The summed E-state index contributed by atoms with van der Waals surface area (Å²) >= 11 is 0. The number of nitrogens with one attached hydrogen (secondary N) is 1. The number of benzene rings is 1. The topological polar surface area (TPSA) is 79.4 Å². The molecule has 0 spiro atoms. The number of urea groups is 1. The molecule has 1 unspecified atom stereocenters. The fourth-order valence-corrected chi connectivity index (χ4v) is 2.67. The van der Waals surface area contributed by atoms with E-state index >= 15 is 0 Å². The minimum atomic E-state index is -3.22. The summed E-state index contributed by atoms with van der Waals surface area (Å²) in [5.41, 5.74) is 1.46. The van der Waals surface area contributed by atoms with Crippen molar-refractivity contribution >= 4 is 21.6 Å². The molecule has 1 N–H and O–H groups in total. The quantitative estimate of drug-likeness (QED) is 0.933. The predicted molar refractivity (Wildman–Crippen MR) is 89.0 cm³/mol. The number of amides is 2. The van der Waals surface area contributed by atoms with Gasteiger partial charge in [-0.2, -0.15) is 0 Å². The molecule has 0 saturated carbocycles. The van der Waals surface area contributed by atoms with Crippen molar-refractivity contribution in [2.75, 3.05) is 18.6 Å². The summed E-state index contributed by atoms with van der Waals surface area (Å²) in [6, 6.07) is 9.55. The van der Waals surface area contributed by atoms with Crippen LogP contribution in [0, 0.1) is 0 Å². The van der Waals surface area contributed by atoms with Gasteiger partial charge < -0.3 is 10.2 Å². The maximum absolute atomic E-state index is 12.2. The maximum atomic E-state index is 12.2. The lowest BCUT2D eigenvalue weighted by molar-refractivity contribution is 0.208. The van der Waals surface area contributed by atoms with Crippen LogP contribution < -0.4 is 5.32 Å². The molecule has 1 aromatic heterocycles. The molecule has 0 fully saturated rings. The number of carbonyl (C=O) groups is 1. The second kappa shape index (κ2) is 6.78. The average Bonchev–Trinajstić information content (AvgIpc) is 2.53. The van der Waals surface area contributed by atoms with Gasteiger partial charge in [0.25, 0.3) is 0 Å². The summed E-state index contributed by atoms with van der Waals surface area (Å²) in [6.45, 7) is 1.87. The number of anilines is 1. The SMILES string of the molecule is CC(c1ccc(S(C)(=O)=O)cc1)N(C)C(=O)Nc1cccnc1. The average molecular weight is 333 g/mol. The van der Waals surface area contributed by atoms with Crippen LogP contribution in [0.2, 0.25) is 0 Å². The van der Waals surface area contributed by atoms with E-state index in [0.717, 1.165) is 5.56 Å². The molecular formula is C16H19N3O3S. The lowest BCUT2D eigenvalue weighted by Gasteiger charge is -2.25. The zero-order valence-electron chi connectivity index (χ0n) is 13.2. The van der Waals surface area contributed by atoms with E-state index in [1.807, 2.05) is 6.92 Å². The third-order valence-electron chi connectivity index (χ3n) is 3.60. The van der Waals surface area contributed by atoms with Crippen LogP contribution in [-0.2, 0) is 9.84 Å². The number of aromatic nitrogens is 1. The molecule has 2 amide bonds. The second-order valence-electron chi connectivity index (χ2n) is 5.30. The van der Waals surface area contributed by atoms with Crippen LogP contribution in [0.4, 0.5) is 10.5 Å². The maximum Gasteiger partial charge on any atom is 0.322 e. The van der Waals surface area contributed by atoms with Gasteiger partial charge in [0.15, 0.2) is 9.84 Å². The van der Waals surface area contributed by atoms with Crippen molar-refractivity contribution in [1.82, 2.24) is 9.88 Å². The van der Waals surface area contributed by atoms with Gasteiger partial charge in [-0.15, -0.1) is 0 Å². The van der Waals surface area contributed by atoms with Crippen molar-refractivity contribution in [2.24, 2.45) is 0 Å². The molecule has 0 aliphatic rings. The summed E-state index contributed by atoms with van der Waals surface area (Å²) in [7, 11) is -1.54. The fourth-order valence-electron chi connectivity index (χ4n) is 2.04. The number of carbonyl (C=O) groups excluding carboxylic acids is 1. The van der Waals surface area contributed by atoms with Crippen LogP contribution in [0.3, 0.4) is 0 Å². The van der Waals surface area contributed by atoms with Gasteiger partial charge in [-0.1, -0.05) is 12.1 Å². The van der Waals surface area contributed by atoms with E-state index in [-0.39, 0.29) is 17.0 Å². The van der Waals surface area contributed by atoms with Crippen molar-refractivity contribution in [1.29, 1.82) is 0 Å². The molecule has 0 saturated heterocycles. The Labute approximate surface area is 136 Å². The van der Waals surface area contributed by atoms with E-state index in [0.29, 0.717) is 5.69 Å². The first-order valence-electron chi connectivity index (χ1n) is 7.03. The summed E-state index contributed by atoms with van der Waals surface area (Å²) in [5.74, 6) is 0. The van der Waals surface area contributed by atoms with E-state index in [1.165, 1.54) is 6.26 Å². The van der Waals surface area contributed by atoms with Crippen molar-refractivity contribution < 1.29 is 13.2 Å². The summed E-state index contributed by atoms with van der Waals surface area (Å²) in [4.78, 5) is 18.0. The molecule has 1 atom stereocenters. The molecule has 0 aliphatic carbocycles. The van der Waals surface area contributed by atoms with Crippen molar-refractivity contribution in [2.45, 2.75) is 17.9 Å². The van der Waals surface area contributed by atoms with Crippen LogP contribution in [0.1, 0.15) is 18.5 Å². The van der Waals surface area contributed by atoms with Crippen LogP contribution in [-0.4, -0.2) is 37.6 Å². The van der Waals surface area contributed by atoms with Gasteiger partial charge >= 0.3 is 6.03 Å². The lowest BCUT2D eigenvalue weighted by atomic mass is 10.1. The van der Waals surface area contributed by atoms with Crippen LogP contribution in [0.15, 0.2) is 53.7 Å². The number of rotatable bonds is 4. The molecule has 1 heterocycles. The van der Waals surface area contributed by atoms with E-state index in [4.69, 9.17) is 0 Å². The first-order valence-corrected chi connectivity index (χ1v) is 8.92. The van der Waals surface area contributed by atoms with Gasteiger partial charge in [-0.25, -0.2) is 13.2 Å². The predicted octanol–water partition coefficient (Wildman–Crippen LogP) is 2.71. The highest BCUT2D eigenvalue weighted by Gasteiger charge is 2.18. The first-order chi connectivity index (χ1) is 10.8. The van der Waals surface area contributed by atoms with E-state index in [1.54, 1.807) is 60.7 Å². The minimum Gasteiger partial charge on any atom is -0.321 e. The molecule has 2 rings (SSSR count). The Kier molecular flexibility index (Phi) is 5.00. The van der Waals surface area contributed by atoms with Crippen molar-refractivity contribution in [3.05, 3.63) is 54.4 Å². The van der Waals surface area contributed by atoms with Crippen LogP contribution >= 0.6 is 0 Å². The monoisotopic (exact) mass is 333 g/mol. The number of nitrogens with zero attached hydrogens (tertiary/aromatic N) is 2. The molecule has 0 bridgehead atoms. The van der Waals surface area contributed by atoms with E-state index in [9.17, 15) is 13.2 Å². The number of hydrogen-bond acceptors (Lipinski definition) is 4. The molecule has 2 aromatic rings. The molecule has 6 nitrogen and oxygen atoms in total. The molecule has 122 valence electrons. The minimum absolute atomic E-state index is 0.208. The molecule has 0 radical (unpaired) electrons. The molecule has 0 aliphatic heterocycles. The van der Waals surface area contributed by atoms with Gasteiger partial charge in [-0.3, -0.25) is 4.98 Å². The van der Waals surface area contributed by atoms with Gasteiger partial charge in [0.1, 0.15) is 0 Å². The highest BCUT2D eigenvalue weighted by Crippen LogP contribution is 2.21. The zero-order valence-corrected chi connectivity index (χ0v) is 14.0. The third-order valence-corrected chi connectivity index (χ3v) is 4.73. The summed E-state index contributed by atoms with van der Waals surface area (Å²) in [5, 5.41) is 2.76. The normalized spacial score (nSPS) is 12.5. The Morgan fingerprint density at radius 2 is 1.87 bits per heavy atom. The molecule has 23 heavy (non-hydrogen) atoms. The van der Waals surface area contributed by atoms with Gasteiger partial charge in [0.05, 0.1) is 22.8 Å². The Morgan fingerprint density at radius 3 is 2.39 bits per heavy atom. The molecule has 7 heteroatoms. The van der Waals surface area contributed by atoms with Gasteiger partial charge in [-0.05, 0) is 36.8 Å². The van der Waals surface area contributed by atoms with Gasteiger partial charge in [0.2, 0.25) is 0 Å².